The molecule has 1 aromatic heterocycles. The van der Waals surface area contributed by atoms with Gasteiger partial charge < -0.3 is 15.2 Å². The first-order valence-corrected chi connectivity index (χ1v) is 8.13. The number of fused-ring (bicyclic) bond motifs is 1. The van der Waals surface area contributed by atoms with Crippen molar-refractivity contribution in [1.82, 2.24) is 9.88 Å². The number of rotatable bonds is 2. The van der Waals surface area contributed by atoms with Crippen LogP contribution < -0.4 is 16.2 Å². The Labute approximate surface area is 135 Å². The summed E-state index contributed by atoms with van der Waals surface area (Å²) in [5.41, 5.74) is 2.53. The van der Waals surface area contributed by atoms with Crippen molar-refractivity contribution < 1.29 is 0 Å². The number of pyridine rings is 1. The van der Waals surface area contributed by atoms with Gasteiger partial charge >= 0.3 is 0 Å². The lowest BCUT2D eigenvalue weighted by molar-refractivity contribution is 0.102. The number of anilines is 2. The van der Waals surface area contributed by atoms with Crippen molar-refractivity contribution in [2.45, 2.75) is 25.3 Å². The van der Waals surface area contributed by atoms with E-state index < -0.39 is 0 Å². The molecule has 7 heteroatoms. The zero-order valence-corrected chi connectivity index (χ0v) is 13.7. The summed E-state index contributed by atoms with van der Waals surface area (Å²) in [4.78, 5) is 9.24. The molecule has 116 valence electrons. The Balaban J connectivity index is 1.82. The van der Waals surface area contributed by atoms with E-state index in [9.17, 15) is 0 Å². The molecule has 0 saturated carbocycles. The topological polar surface area (TPSA) is 57.4 Å². The van der Waals surface area contributed by atoms with Crippen LogP contribution in [0.5, 0.6) is 0 Å². The molecule has 0 spiro atoms. The van der Waals surface area contributed by atoms with Gasteiger partial charge in [0.2, 0.25) is 0 Å². The zero-order chi connectivity index (χ0) is 15.0. The molecule has 2 aliphatic rings. The maximum atomic E-state index is 6.33. The molecule has 2 aliphatic heterocycles. The highest BCUT2D eigenvalue weighted by Gasteiger charge is 2.35. The zero-order valence-electron chi connectivity index (χ0n) is 12.1. The number of nitrogens with zero attached hydrogens (tertiary/aromatic N) is 3. The summed E-state index contributed by atoms with van der Waals surface area (Å²) in [5, 5.41) is 1.03. The molecule has 1 aromatic rings. The molecular weight excluding hydrogens is 309 g/mol. The van der Waals surface area contributed by atoms with Crippen LogP contribution in [0.2, 0.25) is 10.0 Å². The first-order valence-electron chi connectivity index (χ1n) is 7.38. The Morgan fingerprint density at radius 1 is 1.29 bits per heavy atom. The lowest BCUT2D eigenvalue weighted by atomic mass is 9.84. The van der Waals surface area contributed by atoms with Crippen molar-refractivity contribution in [3.8, 4) is 0 Å². The van der Waals surface area contributed by atoms with Gasteiger partial charge in [0, 0.05) is 19.1 Å². The minimum absolute atomic E-state index is 0.443. The Hall–Kier alpha value is -0.750. The van der Waals surface area contributed by atoms with Crippen molar-refractivity contribution in [2.75, 3.05) is 37.0 Å². The lowest BCUT2D eigenvalue weighted by Gasteiger charge is -2.46. The van der Waals surface area contributed by atoms with Gasteiger partial charge in [0.05, 0.1) is 10.0 Å². The quantitative estimate of drug-likeness (QED) is 0.645. The Bertz CT molecular complexity index is 524. The molecule has 3 heterocycles. The summed E-state index contributed by atoms with van der Waals surface area (Å²) < 4.78 is 0. The number of nitrogen functional groups attached to an aromatic ring is 1. The smallest absolute Gasteiger partial charge is 0.161 e. The third-order valence-electron chi connectivity index (χ3n) is 4.69. The molecule has 0 aromatic carbocycles. The molecule has 5 nitrogen and oxygen atoms in total. The highest BCUT2D eigenvalue weighted by molar-refractivity contribution is 6.37. The van der Waals surface area contributed by atoms with E-state index >= 15 is 0 Å². The second-order valence-electron chi connectivity index (χ2n) is 5.95. The van der Waals surface area contributed by atoms with Crippen molar-refractivity contribution in [3.05, 3.63) is 16.1 Å². The van der Waals surface area contributed by atoms with Gasteiger partial charge in [-0.05, 0) is 44.8 Å². The molecule has 2 saturated heterocycles. The average Bonchev–Trinajstić information content (AvgIpc) is 2.47. The third-order valence-corrected chi connectivity index (χ3v) is 5.26. The van der Waals surface area contributed by atoms with Gasteiger partial charge in [0.1, 0.15) is 5.82 Å². The van der Waals surface area contributed by atoms with Crippen molar-refractivity contribution in [3.63, 3.8) is 0 Å². The van der Waals surface area contributed by atoms with Gasteiger partial charge in [-0.25, -0.2) is 10.8 Å². The number of piperidine rings is 2. The Morgan fingerprint density at radius 3 is 2.86 bits per heavy atom. The largest absolute Gasteiger partial charge is 0.355 e. The van der Waals surface area contributed by atoms with Crippen LogP contribution in [0.1, 0.15) is 19.3 Å². The fourth-order valence-corrected chi connectivity index (χ4v) is 4.16. The Morgan fingerprint density at radius 2 is 2.10 bits per heavy atom. The summed E-state index contributed by atoms with van der Waals surface area (Å²) in [6.45, 7) is 3.17. The molecule has 2 unspecified atom stereocenters. The number of halogens is 2. The van der Waals surface area contributed by atoms with Crippen LogP contribution in [0.25, 0.3) is 0 Å². The lowest BCUT2D eigenvalue weighted by Crippen LogP contribution is -2.53. The molecule has 0 radical (unpaired) electrons. The highest BCUT2D eigenvalue weighted by Crippen LogP contribution is 2.36. The number of hydrogen-bond acceptors (Lipinski definition) is 5. The van der Waals surface area contributed by atoms with Gasteiger partial charge in [-0.15, -0.1) is 0 Å². The van der Waals surface area contributed by atoms with Gasteiger partial charge in [-0.2, -0.15) is 0 Å². The van der Waals surface area contributed by atoms with E-state index in [1.54, 1.807) is 6.07 Å². The minimum Gasteiger partial charge on any atom is -0.355 e. The van der Waals surface area contributed by atoms with Crippen LogP contribution >= 0.6 is 23.2 Å². The minimum atomic E-state index is 0.443. The third kappa shape index (κ3) is 2.93. The average molecular weight is 330 g/mol. The summed E-state index contributed by atoms with van der Waals surface area (Å²) in [6, 6.07) is 2.40. The summed E-state index contributed by atoms with van der Waals surface area (Å²) in [7, 11) is 2.23. The second-order valence-corrected chi connectivity index (χ2v) is 6.77. The van der Waals surface area contributed by atoms with Crippen molar-refractivity contribution in [1.29, 1.82) is 0 Å². The predicted molar refractivity (Wildman–Crippen MR) is 88.0 cm³/mol. The van der Waals surface area contributed by atoms with E-state index in [1.807, 2.05) is 0 Å². The van der Waals surface area contributed by atoms with E-state index in [0.717, 1.165) is 25.3 Å². The van der Waals surface area contributed by atoms with E-state index in [4.69, 9.17) is 29.0 Å². The number of nitrogens with one attached hydrogen (secondary N) is 1. The number of likely N-dealkylation sites (tertiary alicyclic amines) is 1. The van der Waals surface area contributed by atoms with Crippen LogP contribution in [0.15, 0.2) is 6.07 Å². The van der Waals surface area contributed by atoms with Crippen LogP contribution in [-0.4, -0.2) is 42.6 Å². The molecule has 0 aliphatic carbocycles. The normalized spacial score (nSPS) is 26.6. The van der Waals surface area contributed by atoms with Crippen molar-refractivity contribution >= 4 is 34.8 Å². The molecular formula is C14H21Cl2N5. The van der Waals surface area contributed by atoms with Gasteiger partial charge in [0.15, 0.2) is 5.82 Å². The van der Waals surface area contributed by atoms with Crippen LogP contribution in [-0.2, 0) is 0 Å². The fourth-order valence-electron chi connectivity index (χ4n) is 3.62. The maximum Gasteiger partial charge on any atom is 0.161 e. The predicted octanol–water partition coefficient (Wildman–Crippen LogP) is 2.59. The van der Waals surface area contributed by atoms with E-state index in [1.165, 1.54) is 19.4 Å². The van der Waals surface area contributed by atoms with Crippen molar-refractivity contribution in [2.24, 2.45) is 11.8 Å². The van der Waals surface area contributed by atoms with E-state index in [0.29, 0.717) is 27.8 Å². The van der Waals surface area contributed by atoms with Crippen LogP contribution in [0, 0.1) is 5.92 Å². The van der Waals surface area contributed by atoms with Gasteiger partial charge in [0.25, 0.3) is 0 Å². The standard InChI is InChI=1S/C14H21Cl2N5/c1-20-5-2-3-9-8-21(6-4-12(9)20)14-11(16)7-10(15)13(18-14)19-17/h7,9,12H,2-6,8,17H2,1H3,(H,18,19). The molecule has 3 rings (SSSR count). The number of hydrogen-bond donors (Lipinski definition) is 2. The second kappa shape index (κ2) is 6.16. The highest BCUT2D eigenvalue weighted by atomic mass is 35.5. The van der Waals surface area contributed by atoms with E-state index in [-0.39, 0.29) is 0 Å². The fraction of sp³-hybridized carbons (Fsp3) is 0.643. The molecule has 3 N–H and O–H groups in total. The first-order chi connectivity index (χ1) is 10.1. The Kier molecular flexibility index (Phi) is 4.45. The monoisotopic (exact) mass is 329 g/mol. The molecule has 2 fully saturated rings. The summed E-state index contributed by atoms with van der Waals surface area (Å²) in [5.74, 6) is 7.39. The number of aromatic nitrogens is 1. The van der Waals surface area contributed by atoms with Crippen LogP contribution in [0.3, 0.4) is 0 Å². The van der Waals surface area contributed by atoms with Gasteiger partial charge in [-0.1, -0.05) is 23.2 Å². The number of nitrogens with two attached hydrogens (primary N) is 1. The van der Waals surface area contributed by atoms with Gasteiger partial charge in [-0.3, -0.25) is 0 Å². The molecule has 0 bridgehead atoms. The van der Waals surface area contributed by atoms with E-state index in [2.05, 4.69) is 27.3 Å². The summed E-state index contributed by atoms with van der Waals surface area (Å²) in [6.07, 6.45) is 3.69. The maximum absolute atomic E-state index is 6.33. The SMILES string of the molecule is CN1CCCC2CN(c3nc(NN)c(Cl)cc3Cl)CCC21. The molecule has 2 atom stereocenters. The molecule has 21 heavy (non-hydrogen) atoms. The van der Waals surface area contributed by atoms with Crippen LogP contribution in [0.4, 0.5) is 11.6 Å². The summed E-state index contributed by atoms with van der Waals surface area (Å²) >= 11 is 12.4. The first kappa shape index (κ1) is 15.2. The number of hydrazine groups is 1. The molecule has 0 amide bonds.